The summed E-state index contributed by atoms with van der Waals surface area (Å²) in [5, 5.41) is 5.37. The summed E-state index contributed by atoms with van der Waals surface area (Å²) in [6.45, 7) is 5.94. The van der Waals surface area contributed by atoms with E-state index < -0.39 is 0 Å². The molecule has 7 nitrogen and oxygen atoms in total. The van der Waals surface area contributed by atoms with Gasteiger partial charge in [-0.3, -0.25) is 9.59 Å². The summed E-state index contributed by atoms with van der Waals surface area (Å²) in [4.78, 5) is 36.5. The molecule has 1 aliphatic heterocycles. The number of hydrogen-bond donors (Lipinski definition) is 2. The molecule has 1 fully saturated rings. The van der Waals surface area contributed by atoms with Crippen molar-refractivity contribution in [2.24, 2.45) is 0 Å². The Balaban J connectivity index is 1.90. The standard InChI is InChI=1S/C16H21N3O4/c1-10(2)19-9-14(23-16(19)22)8-17-15(21)12-5-4-6-13(7-12)18-11(3)20/h4-7,10,14H,8-9H2,1-3H3,(H,17,21)(H,18,20). The molecule has 1 atom stereocenters. The van der Waals surface area contributed by atoms with Gasteiger partial charge in [0, 0.05) is 24.2 Å². The number of hydrogen-bond acceptors (Lipinski definition) is 4. The molecule has 0 radical (unpaired) electrons. The predicted octanol–water partition coefficient (Wildman–Crippen LogP) is 1.60. The third-order valence-electron chi connectivity index (χ3n) is 3.46. The molecule has 23 heavy (non-hydrogen) atoms. The second-order valence-corrected chi connectivity index (χ2v) is 5.72. The van der Waals surface area contributed by atoms with Gasteiger partial charge in [0.05, 0.1) is 13.1 Å². The molecule has 3 amide bonds. The van der Waals surface area contributed by atoms with Crippen LogP contribution in [0.1, 0.15) is 31.1 Å². The molecule has 1 heterocycles. The van der Waals surface area contributed by atoms with Crippen LogP contribution in [0.15, 0.2) is 24.3 Å². The normalized spacial score (nSPS) is 17.1. The summed E-state index contributed by atoms with van der Waals surface area (Å²) in [5.74, 6) is -0.481. The Hall–Kier alpha value is -2.57. The van der Waals surface area contributed by atoms with Crippen molar-refractivity contribution in [2.75, 3.05) is 18.4 Å². The predicted molar refractivity (Wildman–Crippen MR) is 85.2 cm³/mol. The maximum Gasteiger partial charge on any atom is 0.410 e. The number of nitrogens with zero attached hydrogens (tertiary/aromatic N) is 1. The van der Waals surface area contributed by atoms with Gasteiger partial charge in [0.15, 0.2) is 0 Å². The van der Waals surface area contributed by atoms with Crippen LogP contribution in [0.5, 0.6) is 0 Å². The minimum absolute atomic E-state index is 0.0672. The Bertz CT molecular complexity index is 615. The molecule has 1 aromatic rings. The van der Waals surface area contributed by atoms with Crippen molar-refractivity contribution in [2.45, 2.75) is 32.9 Å². The van der Waals surface area contributed by atoms with Crippen molar-refractivity contribution in [3.05, 3.63) is 29.8 Å². The number of cyclic esters (lactones) is 1. The van der Waals surface area contributed by atoms with Crippen molar-refractivity contribution < 1.29 is 19.1 Å². The summed E-state index contributed by atoms with van der Waals surface area (Å²) in [6, 6.07) is 6.71. The van der Waals surface area contributed by atoms with Gasteiger partial charge < -0.3 is 20.3 Å². The van der Waals surface area contributed by atoms with E-state index in [9.17, 15) is 14.4 Å². The van der Waals surface area contributed by atoms with Gasteiger partial charge in [-0.2, -0.15) is 0 Å². The molecule has 2 N–H and O–H groups in total. The number of rotatable bonds is 5. The molecule has 2 rings (SSSR count). The van der Waals surface area contributed by atoms with Crippen LogP contribution in [0, 0.1) is 0 Å². The monoisotopic (exact) mass is 319 g/mol. The molecule has 1 aromatic carbocycles. The van der Waals surface area contributed by atoms with E-state index in [0.717, 1.165) is 0 Å². The number of anilines is 1. The maximum absolute atomic E-state index is 12.2. The van der Waals surface area contributed by atoms with E-state index in [1.165, 1.54) is 6.92 Å². The van der Waals surface area contributed by atoms with Crippen LogP contribution in [0.4, 0.5) is 10.5 Å². The van der Waals surface area contributed by atoms with Crippen LogP contribution >= 0.6 is 0 Å². The molecular formula is C16H21N3O4. The molecule has 7 heteroatoms. The molecule has 124 valence electrons. The number of carbonyl (C=O) groups is 3. The van der Waals surface area contributed by atoms with Crippen LogP contribution in [0.2, 0.25) is 0 Å². The minimum Gasteiger partial charge on any atom is -0.442 e. The highest BCUT2D eigenvalue weighted by Crippen LogP contribution is 2.14. The van der Waals surface area contributed by atoms with Crippen LogP contribution in [-0.2, 0) is 9.53 Å². The number of amides is 3. The van der Waals surface area contributed by atoms with Crippen molar-refractivity contribution in [3.63, 3.8) is 0 Å². The van der Waals surface area contributed by atoms with Crippen molar-refractivity contribution in [1.82, 2.24) is 10.2 Å². The lowest BCUT2D eigenvalue weighted by molar-refractivity contribution is -0.114. The zero-order valence-electron chi connectivity index (χ0n) is 13.5. The molecule has 0 spiro atoms. The van der Waals surface area contributed by atoms with Gasteiger partial charge in [-0.05, 0) is 32.0 Å². The van der Waals surface area contributed by atoms with Gasteiger partial charge in [0.2, 0.25) is 5.91 Å². The van der Waals surface area contributed by atoms with Gasteiger partial charge in [0.25, 0.3) is 5.91 Å². The third-order valence-corrected chi connectivity index (χ3v) is 3.46. The summed E-state index contributed by atoms with van der Waals surface area (Å²) >= 11 is 0. The van der Waals surface area contributed by atoms with Crippen LogP contribution in [0.3, 0.4) is 0 Å². The van der Waals surface area contributed by atoms with Crippen LogP contribution < -0.4 is 10.6 Å². The molecule has 0 bridgehead atoms. The highest BCUT2D eigenvalue weighted by Gasteiger charge is 2.32. The lowest BCUT2D eigenvalue weighted by Crippen LogP contribution is -2.36. The van der Waals surface area contributed by atoms with Gasteiger partial charge in [-0.15, -0.1) is 0 Å². The second-order valence-electron chi connectivity index (χ2n) is 5.72. The van der Waals surface area contributed by atoms with Crippen LogP contribution in [-0.4, -0.2) is 48.0 Å². The fourth-order valence-corrected chi connectivity index (χ4v) is 2.32. The summed E-state index contributed by atoms with van der Waals surface area (Å²) < 4.78 is 5.21. The van der Waals surface area contributed by atoms with E-state index in [1.54, 1.807) is 29.2 Å². The minimum atomic E-state index is -0.355. The Morgan fingerprint density at radius 1 is 1.39 bits per heavy atom. The van der Waals surface area contributed by atoms with Gasteiger partial charge in [-0.25, -0.2) is 4.79 Å². The molecular weight excluding hydrogens is 298 g/mol. The SMILES string of the molecule is CC(=O)Nc1cccc(C(=O)NCC2CN(C(C)C)C(=O)O2)c1. The van der Waals surface area contributed by atoms with E-state index in [4.69, 9.17) is 4.74 Å². The summed E-state index contributed by atoms with van der Waals surface area (Å²) in [6.07, 6.45) is -0.709. The smallest absolute Gasteiger partial charge is 0.410 e. The fourth-order valence-electron chi connectivity index (χ4n) is 2.32. The van der Waals surface area contributed by atoms with Gasteiger partial charge >= 0.3 is 6.09 Å². The van der Waals surface area contributed by atoms with Crippen molar-refractivity contribution in [3.8, 4) is 0 Å². The number of benzene rings is 1. The molecule has 1 aliphatic rings. The Morgan fingerprint density at radius 3 is 2.74 bits per heavy atom. The van der Waals surface area contributed by atoms with E-state index in [2.05, 4.69) is 10.6 Å². The van der Waals surface area contributed by atoms with Crippen LogP contribution in [0.25, 0.3) is 0 Å². The number of nitrogens with one attached hydrogen (secondary N) is 2. The van der Waals surface area contributed by atoms with E-state index >= 15 is 0 Å². The molecule has 0 aromatic heterocycles. The number of carbonyl (C=O) groups excluding carboxylic acids is 3. The van der Waals surface area contributed by atoms with E-state index in [0.29, 0.717) is 17.8 Å². The first kappa shape index (κ1) is 16.8. The Labute approximate surface area is 135 Å². The largest absolute Gasteiger partial charge is 0.442 e. The summed E-state index contributed by atoms with van der Waals surface area (Å²) in [5.41, 5.74) is 0.990. The second kappa shape index (κ2) is 7.13. The average molecular weight is 319 g/mol. The molecule has 1 saturated heterocycles. The average Bonchev–Trinajstić information content (AvgIpc) is 2.85. The Morgan fingerprint density at radius 2 is 2.13 bits per heavy atom. The molecule has 0 saturated carbocycles. The van der Waals surface area contributed by atoms with Crippen molar-refractivity contribution >= 4 is 23.6 Å². The lowest BCUT2D eigenvalue weighted by Gasteiger charge is -2.16. The summed E-state index contributed by atoms with van der Waals surface area (Å²) in [7, 11) is 0. The number of ether oxygens (including phenoxy) is 1. The molecule has 0 aliphatic carbocycles. The lowest BCUT2D eigenvalue weighted by atomic mass is 10.2. The molecule has 1 unspecified atom stereocenters. The third kappa shape index (κ3) is 4.45. The topological polar surface area (TPSA) is 87.7 Å². The van der Waals surface area contributed by atoms with Crippen molar-refractivity contribution in [1.29, 1.82) is 0 Å². The highest BCUT2D eigenvalue weighted by atomic mass is 16.6. The first-order valence-electron chi connectivity index (χ1n) is 7.50. The van der Waals surface area contributed by atoms with E-state index in [1.807, 2.05) is 13.8 Å². The van der Waals surface area contributed by atoms with Gasteiger partial charge in [-0.1, -0.05) is 6.07 Å². The van der Waals surface area contributed by atoms with Gasteiger partial charge in [0.1, 0.15) is 6.10 Å². The zero-order chi connectivity index (χ0) is 17.0. The highest BCUT2D eigenvalue weighted by molar-refractivity contribution is 5.96. The fraction of sp³-hybridized carbons (Fsp3) is 0.438. The maximum atomic E-state index is 12.2. The zero-order valence-corrected chi connectivity index (χ0v) is 13.5. The Kier molecular flexibility index (Phi) is 5.20. The quantitative estimate of drug-likeness (QED) is 0.863. The van der Waals surface area contributed by atoms with E-state index in [-0.39, 0.29) is 36.6 Å². The first-order chi connectivity index (χ1) is 10.9. The first-order valence-corrected chi connectivity index (χ1v) is 7.50.